The molecule has 0 saturated carbocycles. The fourth-order valence-corrected chi connectivity index (χ4v) is 4.13. The fourth-order valence-electron chi connectivity index (χ4n) is 4.13. The molecule has 0 amide bonds. The van der Waals surface area contributed by atoms with Crippen molar-refractivity contribution in [3.05, 3.63) is 42.7 Å². The topological polar surface area (TPSA) is 80.2 Å². The molecule has 1 unspecified atom stereocenters. The predicted octanol–water partition coefficient (Wildman–Crippen LogP) is 3.06. The number of phenolic OH excluding ortho intramolecular Hbond substituents is 1. The minimum Gasteiger partial charge on any atom is -0.507 e. The molecule has 132 valence electrons. The van der Waals surface area contributed by atoms with Gasteiger partial charge >= 0.3 is 0 Å². The largest absolute Gasteiger partial charge is 0.507 e. The van der Waals surface area contributed by atoms with E-state index < -0.39 is 0 Å². The number of benzene rings is 1. The second-order valence-corrected chi connectivity index (χ2v) is 7.20. The zero-order valence-corrected chi connectivity index (χ0v) is 14.3. The molecular weight excluding hydrogens is 328 g/mol. The summed E-state index contributed by atoms with van der Waals surface area (Å²) in [5.41, 5.74) is 1.28. The first-order valence-electron chi connectivity index (χ1n) is 9.08. The summed E-state index contributed by atoms with van der Waals surface area (Å²) < 4.78 is 6.04. The number of hydrogen-bond acceptors (Lipinski definition) is 6. The minimum atomic E-state index is 0.170. The van der Waals surface area contributed by atoms with Crippen LogP contribution in [0.1, 0.15) is 25.7 Å². The molecule has 1 aromatic carbocycles. The number of pyridine rings is 1. The monoisotopic (exact) mass is 348 g/mol. The number of aromatic hydroxyl groups is 1. The molecule has 0 spiro atoms. The first kappa shape index (κ1) is 15.5. The van der Waals surface area contributed by atoms with Crippen LogP contribution < -0.4 is 10.1 Å². The van der Waals surface area contributed by atoms with Crippen molar-refractivity contribution in [2.45, 2.75) is 43.9 Å². The van der Waals surface area contributed by atoms with E-state index in [1.807, 2.05) is 24.3 Å². The number of piperidine rings is 1. The average molecular weight is 348 g/mol. The molecule has 3 aromatic rings. The smallest absolute Gasteiger partial charge is 0.233 e. The number of rotatable bonds is 3. The van der Waals surface area contributed by atoms with E-state index >= 15 is 0 Å². The normalized spacial score (nSPS) is 24.7. The maximum atomic E-state index is 10.3. The Balaban J connectivity index is 1.37. The van der Waals surface area contributed by atoms with Gasteiger partial charge in [-0.25, -0.2) is 0 Å². The van der Waals surface area contributed by atoms with Gasteiger partial charge in [-0.1, -0.05) is 0 Å². The van der Waals surface area contributed by atoms with Gasteiger partial charge in [0.25, 0.3) is 0 Å². The van der Waals surface area contributed by atoms with Crippen LogP contribution >= 0.6 is 0 Å². The Labute approximate surface area is 151 Å². The number of nitrogens with zero attached hydrogens (tertiary/aromatic N) is 3. The molecule has 2 aliphatic heterocycles. The molecule has 2 saturated heterocycles. The molecule has 3 atom stereocenters. The molecule has 0 aliphatic carbocycles. The molecule has 6 nitrogen and oxygen atoms in total. The van der Waals surface area contributed by atoms with E-state index in [4.69, 9.17) is 4.74 Å². The zero-order valence-electron chi connectivity index (χ0n) is 14.3. The maximum Gasteiger partial charge on any atom is 0.233 e. The van der Waals surface area contributed by atoms with Crippen LogP contribution in [0.2, 0.25) is 0 Å². The van der Waals surface area contributed by atoms with Crippen LogP contribution in [0.5, 0.6) is 11.6 Å². The summed E-state index contributed by atoms with van der Waals surface area (Å²) in [4.78, 5) is 4.08. The molecule has 2 N–H and O–H groups in total. The number of ether oxygens (including phenoxy) is 1. The van der Waals surface area contributed by atoms with E-state index in [0.29, 0.717) is 29.2 Å². The van der Waals surface area contributed by atoms with Gasteiger partial charge in [0.1, 0.15) is 11.9 Å². The van der Waals surface area contributed by atoms with Crippen molar-refractivity contribution in [1.29, 1.82) is 0 Å². The molecule has 0 radical (unpaired) electrons. The lowest BCUT2D eigenvalue weighted by molar-refractivity contribution is 0.130. The highest BCUT2D eigenvalue weighted by Crippen LogP contribution is 2.33. The lowest BCUT2D eigenvalue weighted by Crippen LogP contribution is -2.42. The van der Waals surface area contributed by atoms with E-state index in [1.165, 1.54) is 12.8 Å². The summed E-state index contributed by atoms with van der Waals surface area (Å²) in [6, 6.07) is 10.4. The van der Waals surface area contributed by atoms with Crippen molar-refractivity contribution in [3.8, 4) is 22.9 Å². The van der Waals surface area contributed by atoms with Crippen LogP contribution in [0.4, 0.5) is 0 Å². The third kappa shape index (κ3) is 2.86. The second-order valence-electron chi connectivity index (χ2n) is 7.20. The maximum absolute atomic E-state index is 10.3. The number of phenols is 1. The van der Waals surface area contributed by atoms with Crippen LogP contribution in [-0.4, -0.2) is 38.5 Å². The predicted molar refractivity (Wildman–Crippen MR) is 98.0 cm³/mol. The van der Waals surface area contributed by atoms with E-state index in [2.05, 4.69) is 20.5 Å². The van der Waals surface area contributed by atoms with Gasteiger partial charge in [0.15, 0.2) is 0 Å². The Bertz CT molecular complexity index is 932. The van der Waals surface area contributed by atoms with Crippen molar-refractivity contribution in [3.63, 3.8) is 0 Å². The summed E-state index contributed by atoms with van der Waals surface area (Å²) in [7, 11) is 0. The van der Waals surface area contributed by atoms with Gasteiger partial charge < -0.3 is 15.2 Å². The summed E-state index contributed by atoms with van der Waals surface area (Å²) in [5.74, 6) is 0.716. The fraction of sp³-hybridized carbons (Fsp3) is 0.350. The summed E-state index contributed by atoms with van der Waals surface area (Å²) in [5, 5.41) is 24.3. The van der Waals surface area contributed by atoms with Crippen molar-refractivity contribution < 1.29 is 9.84 Å². The Morgan fingerprint density at radius 1 is 1.00 bits per heavy atom. The Kier molecular flexibility index (Phi) is 3.71. The molecular formula is C20H20N4O2. The molecule has 26 heavy (non-hydrogen) atoms. The van der Waals surface area contributed by atoms with Crippen LogP contribution in [0, 0.1) is 0 Å². The first-order chi connectivity index (χ1) is 12.7. The Morgan fingerprint density at radius 2 is 1.85 bits per heavy atom. The summed E-state index contributed by atoms with van der Waals surface area (Å²) >= 11 is 0. The van der Waals surface area contributed by atoms with Crippen molar-refractivity contribution in [2.75, 3.05) is 0 Å². The highest BCUT2D eigenvalue weighted by molar-refractivity contribution is 5.89. The van der Waals surface area contributed by atoms with E-state index in [-0.39, 0.29) is 11.9 Å². The minimum absolute atomic E-state index is 0.170. The molecule has 2 aromatic heterocycles. The van der Waals surface area contributed by atoms with Crippen LogP contribution in [-0.2, 0) is 0 Å². The lowest BCUT2D eigenvalue weighted by atomic mass is 10.0. The zero-order chi connectivity index (χ0) is 17.5. The van der Waals surface area contributed by atoms with Gasteiger partial charge in [-0.05, 0) is 55.3 Å². The molecule has 5 rings (SSSR count). The quantitative estimate of drug-likeness (QED) is 0.757. The number of hydrogen-bond donors (Lipinski definition) is 2. The van der Waals surface area contributed by atoms with Gasteiger partial charge in [-0.15, -0.1) is 10.2 Å². The van der Waals surface area contributed by atoms with Gasteiger partial charge in [0.05, 0.1) is 5.69 Å². The molecule has 4 heterocycles. The summed E-state index contributed by atoms with van der Waals surface area (Å²) in [6.07, 6.45) is 8.21. The highest BCUT2D eigenvalue weighted by atomic mass is 16.5. The van der Waals surface area contributed by atoms with Crippen LogP contribution in [0.25, 0.3) is 22.0 Å². The van der Waals surface area contributed by atoms with E-state index in [9.17, 15) is 5.11 Å². The number of fused-ring (bicyclic) bond motifs is 3. The third-order valence-electron chi connectivity index (χ3n) is 5.39. The first-order valence-corrected chi connectivity index (χ1v) is 9.08. The molecule has 2 fully saturated rings. The summed E-state index contributed by atoms with van der Waals surface area (Å²) in [6.45, 7) is 0. The molecule has 6 heteroatoms. The standard InChI is InChI=1S/C20H20N4O2/c25-19-8-13-11-21-6-5-12(13)7-17(19)18-3-4-20(24-23-18)26-16-9-14-1-2-15(10-16)22-14/h3-8,11,14-16,22,25H,1-2,9-10H2/t14-,15?,16-/m0/s1. The van der Waals surface area contributed by atoms with Gasteiger partial charge in [-0.3, -0.25) is 4.98 Å². The highest BCUT2D eigenvalue weighted by Gasteiger charge is 2.34. The second kappa shape index (κ2) is 6.21. The van der Waals surface area contributed by atoms with Crippen molar-refractivity contribution in [2.24, 2.45) is 0 Å². The lowest BCUT2D eigenvalue weighted by Gasteiger charge is -2.28. The Morgan fingerprint density at radius 3 is 2.62 bits per heavy atom. The van der Waals surface area contributed by atoms with Gasteiger partial charge in [0.2, 0.25) is 5.88 Å². The van der Waals surface area contributed by atoms with Crippen molar-refractivity contribution >= 4 is 10.8 Å². The van der Waals surface area contributed by atoms with E-state index in [1.54, 1.807) is 18.5 Å². The van der Waals surface area contributed by atoms with Gasteiger partial charge in [-0.2, -0.15) is 0 Å². The van der Waals surface area contributed by atoms with Crippen LogP contribution in [0.15, 0.2) is 42.7 Å². The van der Waals surface area contributed by atoms with Gasteiger partial charge in [0, 0.05) is 41.5 Å². The number of nitrogens with one attached hydrogen (secondary N) is 1. The molecule has 2 aliphatic rings. The van der Waals surface area contributed by atoms with Crippen molar-refractivity contribution in [1.82, 2.24) is 20.5 Å². The van der Waals surface area contributed by atoms with E-state index in [0.717, 1.165) is 23.6 Å². The number of aromatic nitrogens is 3. The molecule has 2 bridgehead atoms. The third-order valence-corrected chi connectivity index (χ3v) is 5.39. The SMILES string of the molecule is Oc1cc2cnccc2cc1-c1ccc(O[C@@H]2CC3CC[C@@H](C2)N3)nn1. The van der Waals surface area contributed by atoms with Crippen LogP contribution in [0.3, 0.4) is 0 Å². The average Bonchev–Trinajstić information content (AvgIpc) is 3.00. The Hall–Kier alpha value is -2.73.